The molecule has 5 aromatic carbocycles. The number of nitrogens with zero attached hydrogens (tertiary/aromatic N) is 4. The minimum atomic E-state index is -0.0445. The zero-order chi connectivity index (χ0) is 40.2. The van der Waals surface area contributed by atoms with E-state index in [-0.39, 0.29) is 37.6 Å². The Labute approximate surface area is 360 Å². The minimum Gasteiger partial charge on any atom is -0.507 e. The van der Waals surface area contributed by atoms with Crippen molar-refractivity contribution < 1.29 is 26.2 Å². The number of benzene rings is 5. The average Bonchev–Trinajstić information content (AvgIpc) is 3.58. The maximum absolute atomic E-state index is 11.0. The van der Waals surface area contributed by atoms with Crippen LogP contribution in [0.25, 0.3) is 83.5 Å². The number of hydrogen-bond acceptors (Lipinski definition) is 4. The summed E-state index contributed by atoms with van der Waals surface area (Å²) in [6, 6.07) is 51.9. The zero-order valence-electron chi connectivity index (χ0n) is 34.1. The first kappa shape index (κ1) is 39.7. The Hall–Kier alpha value is -6.16. The minimum absolute atomic E-state index is 0. The van der Waals surface area contributed by atoms with Crippen LogP contribution < -0.4 is 0 Å². The first-order valence-corrected chi connectivity index (χ1v) is 19.8. The molecule has 6 heteroatoms. The number of rotatable bonds is 6. The van der Waals surface area contributed by atoms with Gasteiger partial charge >= 0.3 is 0 Å². The predicted molar refractivity (Wildman–Crippen MR) is 239 cm³/mol. The van der Waals surface area contributed by atoms with E-state index >= 15 is 0 Å². The molecule has 0 unspecified atom stereocenters. The standard InChI is InChI=1S/C53H45N4O.Pt/c1-52(2,3)39-28-37(29-40(33-39)53(4,5)6)38-31-47(56-48(32-38)45-16-8-10-20-50(45)58)36-14-11-13-35(27-36)46-30-34(21-26-55-46)42-17-12-18-44-43-15-7-9-19-49(43)57(51(42)44)41-22-24-54-25-23-41;/h7-26,28-33,58H,1-6H3;/q-1;. The van der Waals surface area contributed by atoms with Gasteiger partial charge < -0.3 is 9.67 Å². The molecule has 0 aliphatic rings. The van der Waals surface area contributed by atoms with E-state index in [2.05, 4.69) is 160 Å². The molecule has 0 saturated heterocycles. The van der Waals surface area contributed by atoms with Crippen LogP contribution in [-0.2, 0) is 31.9 Å². The van der Waals surface area contributed by atoms with Gasteiger partial charge in [0.25, 0.3) is 0 Å². The average molecular weight is 949 g/mol. The zero-order valence-corrected chi connectivity index (χ0v) is 36.3. The Kier molecular flexibility index (Phi) is 10.4. The molecular formula is C53H45N4OPt-. The molecule has 294 valence electrons. The van der Waals surface area contributed by atoms with Gasteiger partial charge in [-0.3, -0.25) is 15.0 Å². The second-order valence-electron chi connectivity index (χ2n) is 17.1. The molecule has 4 heterocycles. The van der Waals surface area contributed by atoms with Gasteiger partial charge in [0.1, 0.15) is 5.75 Å². The number of aromatic nitrogens is 4. The summed E-state index contributed by atoms with van der Waals surface area (Å²) in [5, 5.41) is 13.4. The Bertz CT molecular complexity index is 2960. The molecule has 0 amide bonds. The fraction of sp³-hybridized carbons (Fsp3) is 0.151. The number of fused-ring (bicyclic) bond motifs is 3. The molecule has 0 spiro atoms. The van der Waals surface area contributed by atoms with Crippen molar-refractivity contribution in [3.63, 3.8) is 0 Å². The molecule has 9 aromatic rings. The molecular weight excluding hydrogens is 904 g/mol. The van der Waals surface area contributed by atoms with E-state index in [4.69, 9.17) is 9.97 Å². The number of phenols is 1. The summed E-state index contributed by atoms with van der Waals surface area (Å²) in [5.41, 5.74) is 14.7. The summed E-state index contributed by atoms with van der Waals surface area (Å²) in [6.45, 7) is 13.6. The van der Waals surface area contributed by atoms with Crippen molar-refractivity contribution in [2.45, 2.75) is 52.4 Å². The van der Waals surface area contributed by atoms with E-state index in [0.717, 1.165) is 61.5 Å². The molecule has 9 rings (SSSR count). The summed E-state index contributed by atoms with van der Waals surface area (Å²) in [4.78, 5) is 14.4. The quantitative estimate of drug-likeness (QED) is 0.169. The van der Waals surface area contributed by atoms with Crippen molar-refractivity contribution in [2.24, 2.45) is 0 Å². The molecule has 0 atom stereocenters. The molecule has 0 aliphatic carbocycles. The normalized spacial score (nSPS) is 11.8. The molecule has 0 fully saturated rings. The number of phenolic OH excluding ortho intramolecular Hbond substituents is 1. The molecule has 1 N–H and O–H groups in total. The van der Waals surface area contributed by atoms with Crippen LogP contribution in [0, 0.1) is 6.07 Å². The molecule has 0 radical (unpaired) electrons. The second kappa shape index (κ2) is 15.5. The van der Waals surface area contributed by atoms with Crippen molar-refractivity contribution >= 4 is 21.8 Å². The third kappa shape index (κ3) is 7.64. The fourth-order valence-corrected chi connectivity index (χ4v) is 7.85. The first-order chi connectivity index (χ1) is 27.9. The van der Waals surface area contributed by atoms with E-state index in [1.54, 1.807) is 6.07 Å². The van der Waals surface area contributed by atoms with Crippen LogP contribution in [0.2, 0.25) is 0 Å². The number of para-hydroxylation sites is 3. The van der Waals surface area contributed by atoms with E-state index in [1.807, 2.05) is 48.9 Å². The van der Waals surface area contributed by atoms with Gasteiger partial charge in [-0.25, -0.2) is 0 Å². The summed E-state index contributed by atoms with van der Waals surface area (Å²) in [5.74, 6) is 0.189. The van der Waals surface area contributed by atoms with Crippen LogP contribution in [0.5, 0.6) is 5.75 Å². The fourth-order valence-electron chi connectivity index (χ4n) is 7.85. The van der Waals surface area contributed by atoms with Gasteiger partial charge in [-0.05, 0) is 81.1 Å². The third-order valence-corrected chi connectivity index (χ3v) is 11.0. The summed E-state index contributed by atoms with van der Waals surface area (Å²) < 4.78 is 2.33. The summed E-state index contributed by atoms with van der Waals surface area (Å²) in [7, 11) is 0. The maximum Gasteiger partial charge on any atom is 0.124 e. The Morgan fingerprint density at radius 3 is 1.85 bits per heavy atom. The van der Waals surface area contributed by atoms with Crippen LogP contribution in [0.4, 0.5) is 0 Å². The van der Waals surface area contributed by atoms with Crippen molar-refractivity contribution in [1.82, 2.24) is 19.5 Å². The molecule has 0 bridgehead atoms. The van der Waals surface area contributed by atoms with Crippen LogP contribution in [0.15, 0.2) is 158 Å². The Balaban J connectivity index is 0.00000484. The molecule has 0 saturated carbocycles. The number of pyridine rings is 3. The monoisotopic (exact) mass is 948 g/mol. The van der Waals surface area contributed by atoms with E-state index < -0.39 is 0 Å². The van der Waals surface area contributed by atoms with Crippen LogP contribution in [-0.4, -0.2) is 24.6 Å². The number of aromatic hydroxyl groups is 1. The van der Waals surface area contributed by atoms with Gasteiger partial charge in [-0.15, -0.1) is 24.3 Å². The first-order valence-electron chi connectivity index (χ1n) is 19.8. The van der Waals surface area contributed by atoms with Gasteiger partial charge in [-0.1, -0.05) is 132 Å². The number of hydrogen-bond donors (Lipinski definition) is 1. The summed E-state index contributed by atoms with van der Waals surface area (Å²) >= 11 is 0. The van der Waals surface area contributed by atoms with Crippen LogP contribution in [0.1, 0.15) is 52.7 Å². The SMILES string of the molecule is CC(C)(C)c1cc(-c2cc(-c3[c-]c(-c4cc(-c5cccc6c7ccccc7n(-c7ccncc7)c56)ccn4)ccc3)nc(-c3ccccc3O)c2)cc(C(C)(C)C)c1.[Pt]. The third-order valence-electron chi connectivity index (χ3n) is 11.0. The van der Waals surface area contributed by atoms with Crippen LogP contribution >= 0.6 is 0 Å². The van der Waals surface area contributed by atoms with Crippen molar-refractivity contribution in [1.29, 1.82) is 0 Å². The Morgan fingerprint density at radius 1 is 0.525 bits per heavy atom. The maximum atomic E-state index is 11.0. The van der Waals surface area contributed by atoms with Crippen LogP contribution in [0.3, 0.4) is 0 Å². The van der Waals surface area contributed by atoms with Crippen molar-refractivity contribution in [3.05, 3.63) is 175 Å². The molecule has 0 aliphatic heterocycles. The largest absolute Gasteiger partial charge is 0.507 e. The van der Waals surface area contributed by atoms with E-state index in [9.17, 15) is 5.11 Å². The predicted octanol–water partition coefficient (Wildman–Crippen LogP) is 13.4. The van der Waals surface area contributed by atoms with Gasteiger partial charge in [0.2, 0.25) is 0 Å². The van der Waals surface area contributed by atoms with Gasteiger partial charge in [0.15, 0.2) is 0 Å². The van der Waals surface area contributed by atoms with Gasteiger partial charge in [-0.2, -0.15) is 0 Å². The molecule has 4 aromatic heterocycles. The van der Waals surface area contributed by atoms with Gasteiger partial charge in [0.05, 0.1) is 16.7 Å². The summed E-state index contributed by atoms with van der Waals surface area (Å²) in [6.07, 6.45) is 5.57. The van der Waals surface area contributed by atoms with Gasteiger partial charge in [0, 0.05) is 78.6 Å². The van der Waals surface area contributed by atoms with Crippen molar-refractivity contribution in [3.8, 4) is 67.5 Å². The molecule has 5 nitrogen and oxygen atoms in total. The molecule has 59 heavy (non-hydrogen) atoms. The van der Waals surface area contributed by atoms with E-state index in [0.29, 0.717) is 11.3 Å². The van der Waals surface area contributed by atoms with Crippen molar-refractivity contribution in [2.75, 3.05) is 0 Å². The topological polar surface area (TPSA) is 63.8 Å². The Morgan fingerprint density at radius 2 is 1.12 bits per heavy atom. The van der Waals surface area contributed by atoms with E-state index in [1.165, 1.54) is 21.9 Å². The smallest absolute Gasteiger partial charge is 0.124 e. The second-order valence-corrected chi connectivity index (χ2v) is 17.1.